The molecule has 2 rings (SSSR count). The van der Waals surface area contributed by atoms with Gasteiger partial charge in [-0.05, 0) is 24.3 Å². The topological polar surface area (TPSA) is 167 Å². The Morgan fingerprint density at radius 1 is 0.773 bits per heavy atom. The highest BCUT2D eigenvalue weighted by molar-refractivity contribution is 5.93. The lowest BCUT2D eigenvalue weighted by molar-refractivity contribution is 0.0696. The van der Waals surface area contributed by atoms with Crippen LogP contribution in [0.4, 0.5) is 11.4 Å². The summed E-state index contributed by atoms with van der Waals surface area (Å²) in [5.41, 5.74) is 10.8. The average Bonchev–Trinajstić information content (AvgIpc) is 2.46. The van der Waals surface area contributed by atoms with Crippen LogP contribution in [-0.2, 0) is 0 Å². The first-order chi connectivity index (χ1) is 10.2. The summed E-state index contributed by atoms with van der Waals surface area (Å²) in [5, 5.41) is 34.8. The van der Waals surface area contributed by atoms with E-state index in [4.69, 9.17) is 31.9 Å². The number of hydrogen-bond donors (Lipinski definition) is 6. The van der Waals surface area contributed by atoms with Gasteiger partial charge in [-0.25, -0.2) is 9.59 Å². The monoisotopic (exact) mass is 306 g/mol. The van der Waals surface area contributed by atoms with E-state index >= 15 is 0 Å². The van der Waals surface area contributed by atoms with Crippen molar-refractivity contribution in [2.24, 2.45) is 0 Å². The Morgan fingerprint density at radius 3 is 1.50 bits per heavy atom. The van der Waals surface area contributed by atoms with Crippen LogP contribution < -0.4 is 11.5 Å². The maximum atomic E-state index is 10.4. The zero-order valence-electron chi connectivity index (χ0n) is 11.2. The van der Waals surface area contributed by atoms with E-state index in [9.17, 15) is 9.59 Å². The molecular formula is C14H14N2O6. The Hall–Kier alpha value is -3.42. The second kappa shape index (κ2) is 6.84. The molecule has 22 heavy (non-hydrogen) atoms. The average molecular weight is 306 g/mol. The largest absolute Gasteiger partial charge is 0.506 e. The summed E-state index contributed by atoms with van der Waals surface area (Å²) in [7, 11) is 0. The van der Waals surface area contributed by atoms with Crippen molar-refractivity contribution in [3.05, 3.63) is 47.5 Å². The quantitative estimate of drug-likeness (QED) is 0.274. The third kappa shape index (κ3) is 4.30. The first kappa shape index (κ1) is 16.6. The summed E-state index contributed by atoms with van der Waals surface area (Å²) in [5.74, 6) is -2.57. The Bertz CT molecular complexity index is 635. The van der Waals surface area contributed by atoms with Gasteiger partial charge in [0.1, 0.15) is 11.5 Å². The fourth-order valence-corrected chi connectivity index (χ4v) is 1.40. The van der Waals surface area contributed by atoms with Crippen molar-refractivity contribution in [1.29, 1.82) is 0 Å². The molecule has 0 aliphatic heterocycles. The highest BCUT2D eigenvalue weighted by Gasteiger charge is 2.06. The highest BCUT2D eigenvalue weighted by atomic mass is 16.4. The zero-order chi connectivity index (χ0) is 16.9. The number of carboxylic acid groups (broad SMARTS) is 2. The van der Waals surface area contributed by atoms with E-state index in [0.29, 0.717) is 0 Å². The standard InChI is InChI=1S/C8H6O4.C6H8N2O2/c9-7(10)5-2-1-3-6(4-5)8(11)12;7-3-1-4(8)6(10)2-5(3)9/h1-4H,(H,9,10)(H,11,12);1-2,9-10H,7-8H2. The molecule has 8 heteroatoms. The summed E-state index contributed by atoms with van der Waals surface area (Å²) >= 11 is 0. The van der Waals surface area contributed by atoms with E-state index in [1.165, 1.54) is 24.3 Å². The van der Waals surface area contributed by atoms with E-state index in [2.05, 4.69) is 0 Å². The van der Waals surface area contributed by atoms with Crippen LogP contribution in [0.25, 0.3) is 0 Å². The van der Waals surface area contributed by atoms with Gasteiger partial charge >= 0.3 is 11.9 Å². The Morgan fingerprint density at radius 2 is 1.18 bits per heavy atom. The van der Waals surface area contributed by atoms with Crippen LogP contribution in [-0.4, -0.2) is 32.4 Å². The minimum absolute atomic E-state index is 0.0186. The first-order valence-electron chi connectivity index (χ1n) is 5.86. The molecule has 2 aromatic carbocycles. The Labute approximate surface area is 124 Å². The number of phenols is 2. The van der Waals surface area contributed by atoms with Crippen LogP contribution >= 0.6 is 0 Å². The van der Waals surface area contributed by atoms with Crippen molar-refractivity contribution in [3.63, 3.8) is 0 Å². The summed E-state index contributed by atoms with van der Waals surface area (Å²) in [6, 6.07) is 7.59. The maximum Gasteiger partial charge on any atom is 0.335 e. The SMILES string of the molecule is Nc1cc(N)c(O)cc1O.O=C(O)c1cccc(C(=O)O)c1. The molecule has 0 aromatic heterocycles. The van der Waals surface area contributed by atoms with Gasteiger partial charge in [-0.1, -0.05) is 6.07 Å². The molecule has 0 atom stereocenters. The third-order valence-electron chi connectivity index (χ3n) is 2.53. The van der Waals surface area contributed by atoms with Crippen molar-refractivity contribution in [1.82, 2.24) is 0 Å². The molecule has 0 spiro atoms. The number of benzene rings is 2. The van der Waals surface area contributed by atoms with Gasteiger partial charge < -0.3 is 31.9 Å². The van der Waals surface area contributed by atoms with Gasteiger partial charge in [0.2, 0.25) is 0 Å². The van der Waals surface area contributed by atoms with Crippen molar-refractivity contribution in [3.8, 4) is 11.5 Å². The molecular weight excluding hydrogens is 292 g/mol. The molecule has 0 aliphatic rings. The lowest BCUT2D eigenvalue weighted by atomic mass is 10.1. The molecule has 116 valence electrons. The van der Waals surface area contributed by atoms with Crippen LogP contribution in [0.2, 0.25) is 0 Å². The van der Waals surface area contributed by atoms with Crippen LogP contribution in [0.3, 0.4) is 0 Å². The van der Waals surface area contributed by atoms with Crippen molar-refractivity contribution >= 4 is 23.3 Å². The smallest absolute Gasteiger partial charge is 0.335 e. The molecule has 8 N–H and O–H groups in total. The summed E-state index contributed by atoms with van der Waals surface area (Å²) < 4.78 is 0. The van der Waals surface area contributed by atoms with Crippen LogP contribution in [0.5, 0.6) is 11.5 Å². The van der Waals surface area contributed by atoms with Gasteiger partial charge in [-0.15, -0.1) is 0 Å². The van der Waals surface area contributed by atoms with E-state index in [1.807, 2.05) is 0 Å². The van der Waals surface area contributed by atoms with Crippen LogP contribution in [0, 0.1) is 0 Å². The number of carbonyl (C=O) groups is 2. The van der Waals surface area contributed by atoms with Gasteiger partial charge in [0, 0.05) is 6.07 Å². The molecule has 2 aromatic rings. The van der Waals surface area contributed by atoms with Crippen molar-refractivity contribution in [2.75, 3.05) is 11.5 Å². The number of aromatic carboxylic acids is 2. The van der Waals surface area contributed by atoms with Gasteiger partial charge in [0.25, 0.3) is 0 Å². The Balaban J connectivity index is 0.000000224. The first-order valence-corrected chi connectivity index (χ1v) is 5.86. The molecule has 0 aliphatic carbocycles. The fourth-order valence-electron chi connectivity index (χ4n) is 1.40. The van der Waals surface area contributed by atoms with Gasteiger partial charge in [0.15, 0.2) is 0 Å². The normalized spacial score (nSPS) is 9.45. The predicted molar refractivity (Wildman–Crippen MR) is 79.0 cm³/mol. The highest BCUT2D eigenvalue weighted by Crippen LogP contribution is 2.30. The number of anilines is 2. The summed E-state index contributed by atoms with van der Waals surface area (Å²) in [6.45, 7) is 0. The minimum Gasteiger partial charge on any atom is -0.506 e. The van der Waals surface area contributed by atoms with Crippen LogP contribution in [0.1, 0.15) is 20.7 Å². The van der Waals surface area contributed by atoms with E-state index < -0.39 is 11.9 Å². The lowest BCUT2D eigenvalue weighted by Crippen LogP contribution is -2.01. The fraction of sp³-hybridized carbons (Fsp3) is 0. The Kier molecular flexibility index (Phi) is 5.17. The van der Waals surface area contributed by atoms with Crippen molar-refractivity contribution < 1.29 is 30.0 Å². The van der Waals surface area contributed by atoms with Crippen molar-refractivity contribution in [2.45, 2.75) is 0 Å². The van der Waals surface area contributed by atoms with Crippen LogP contribution in [0.15, 0.2) is 36.4 Å². The number of phenolic OH excluding ortho intramolecular Hbond substituents is 2. The summed E-state index contributed by atoms with van der Waals surface area (Å²) in [4.78, 5) is 20.8. The van der Waals surface area contributed by atoms with E-state index in [1.54, 1.807) is 0 Å². The zero-order valence-corrected chi connectivity index (χ0v) is 11.2. The van der Waals surface area contributed by atoms with Gasteiger partial charge in [-0.2, -0.15) is 0 Å². The molecule has 8 nitrogen and oxygen atoms in total. The second-order valence-electron chi connectivity index (χ2n) is 4.16. The lowest BCUT2D eigenvalue weighted by Gasteiger charge is -2.01. The molecule has 0 radical (unpaired) electrons. The molecule has 0 fully saturated rings. The van der Waals surface area contributed by atoms with Gasteiger partial charge in [0.05, 0.1) is 22.5 Å². The van der Waals surface area contributed by atoms with E-state index in [-0.39, 0.29) is 34.0 Å². The summed E-state index contributed by atoms with van der Waals surface area (Å²) in [6.07, 6.45) is 0. The number of hydrogen-bond acceptors (Lipinski definition) is 6. The second-order valence-corrected chi connectivity index (χ2v) is 4.16. The number of aromatic hydroxyl groups is 2. The molecule has 0 saturated heterocycles. The molecule has 0 amide bonds. The predicted octanol–water partition coefficient (Wildman–Crippen LogP) is 1.35. The number of rotatable bonds is 2. The maximum absolute atomic E-state index is 10.4. The molecule has 0 heterocycles. The molecule has 0 unspecified atom stereocenters. The van der Waals surface area contributed by atoms with E-state index in [0.717, 1.165) is 12.1 Å². The minimum atomic E-state index is -1.13. The number of nitrogens with two attached hydrogens (primary N) is 2. The van der Waals surface area contributed by atoms with Gasteiger partial charge in [-0.3, -0.25) is 0 Å². The molecule has 0 saturated carbocycles. The third-order valence-corrected chi connectivity index (χ3v) is 2.53. The number of nitrogen functional groups attached to an aromatic ring is 2. The number of carboxylic acids is 2. The molecule has 0 bridgehead atoms.